The van der Waals surface area contributed by atoms with E-state index in [0.717, 1.165) is 22.0 Å². The van der Waals surface area contributed by atoms with E-state index in [2.05, 4.69) is 21.6 Å². The highest BCUT2D eigenvalue weighted by Crippen LogP contribution is 2.36. The molecule has 0 spiro atoms. The Kier molecular flexibility index (Phi) is 7.23. The summed E-state index contributed by atoms with van der Waals surface area (Å²) < 4.78 is 54.1. The van der Waals surface area contributed by atoms with E-state index in [-0.39, 0.29) is 5.75 Å². The summed E-state index contributed by atoms with van der Waals surface area (Å²) >= 11 is 0. The lowest BCUT2D eigenvalue weighted by Crippen LogP contribution is -2.17. The minimum atomic E-state index is -4.77. The number of ether oxygens (including phenoxy) is 3. The van der Waals surface area contributed by atoms with E-state index < -0.39 is 6.36 Å². The number of alkyl halides is 3. The molecule has 1 aromatic heterocycles. The maximum absolute atomic E-state index is 12.6. The third-order valence-electron chi connectivity index (χ3n) is 5.60. The molecule has 0 aliphatic rings. The van der Waals surface area contributed by atoms with Crippen LogP contribution in [-0.2, 0) is 13.2 Å². The number of rotatable bonds is 7. The summed E-state index contributed by atoms with van der Waals surface area (Å²) in [6, 6.07) is 28.8. The van der Waals surface area contributed by atoms with Gasteiger partial charge >= 0.3 is 6.36 Å². The highest BCUT2D eigenvalue weighted by molar-refractivity contribution is 5.93. The molecule has 0 unspecified atom stereocenters. The Hall–Kier alpha value is -4.83. The number of benzene rings is 4. The summed E-state index contributed by atoms with van der Waals surface area (Å²) in [6.45, 7) is 0.733. The Morgan fingerprint density at radius 1 is 0.658 bits per heavy atom. The fraction of sp³-hybridized carbons (Fsp3) is 0.0968. The summed E-state index contributed by atoms with van der Waals surface area (Å²) in [5, 5.41) is 0.781. The highest BCUT2D eigenvalue weighted by atomic mass is 19.4. The zero-order valence-electron chi connectivity index (χ0n) is 20.1. The Morgan fingerprint density at radius 2 is 1.29 bits per heavy atom. The van der Waals surface area contributed by atoms with Gasteiger partial charge in [0.25, 0.3) is 0 Å². The van der Waals surface area contributed by atoms with Crippen LogP contribution in [0.3, 0.4) is 0 Å². The average Bonchev–Trinajstić information content (AvgIpc) is 3.33. The Morgan fingerprint density at radius 3 is 1.95 bits per heavy atom. The normalized spacial score (nSPS) is 11.0. The SMILES string of the molecule is FC(F)(F)Oc1cccc(C#Cc2cc(OCc3ccccc3)c3c(OCc4ccccc4)c[nH]c3c2)c1. The molecular weight excluding hydrogens is 491 g/mol. The summed E-state index contributed by atoms with van der Waals surface area (Å²) in [5.74, 6) is 6.83. The Bertz CT molecular complexity index is 1580. The molecule has 0 saturated carbocycles. The molecule has 4 nitrogen and oxygen atoms in total. The van der Waals surface area contributed by atoms with Gasteiger partial charge in [-0.2, -0.15) is 0 Å². The van der Waals surface area contributed by atoms with Crippen LogP contribution in [0.4, 0.5) is 13.2 Å². The van der Waals surface area contributed by atoms with Crippen molar-refractivity contribution in [3.8, 4) is 29.1 Å². The van der Waals surface area contributed by atoms with E-state index >= 15 is 0 Å². The summed E-state index contributed by atoms with van der Waals surface area (Å²) in [6.07, 6.45) is -2.99. The van der Waals surface area contributed by atoms with Crippen molar-refractivity contribution in [2.75, 3.05) is 0 Å². The van der Waals surface area contributed by atoms with Crippen LogP contribution >= 0.6 is 0 Å². The molecule has 0 atom stereocenters. The maximum atomic E-state index is 12.6. The number of aromatic nitrogens is 1. The van der Waals surface area contributed by atoms with Crippen molar-refractivity contribution in [1.82, 2.24) is 4.98 Å². The van der Waals surface area contributed by atoms with Crippen molar-refractivity contribution >= 4 is 10.9 Å². The van der Waals surface area contributed by atoms with Crippen LogP contribution in [0, 0.1) is 11.8 Å². The maximum Gasteiger partial charge on any atom is 0.573 e. The summed E-state index contributed by atoms with van der Waals surface area (Å²) in [7, 11) is 0. The van der Waals surface area contributed by atoms with Gasteiger partial charge in [-0.05, 0) is 41.5 Å². The minimum Gasteiger partial charge on any atom is -0.488 e. The molecule has 0 bridgehead atoms. The van der Waals surface area contributed by atoms with Crippen molar-refractivity contribution < 1.29 is 27.4 Å². The number of nitrogens with one attached hydrogen (secondary N) is 1. The second kappa shape index (κ2) is 11.1. The lowest BCUT2D eigenvalue weighted by atomic mass is 10.1. The van der Waals surface area contributed by atoms with Crippen LogP contribution in [0.25, 0.3) is 10.9 Å². The molecule has 0 fully saturated rings. The van der Waals surface area contributed by atoms with Gasteiger partial charge in [-0.3, -0.25) is 0 Å². The lowest BCUT2D eigenvalue weighted by molar-refractivity contribution is -0.274. The largest absolute Gasteiger partial charge is 0.573 e. The average molecular weight is 514 g/mol. The number of H-pyrrole nitrogens is 1. The van der Waals surface area contributed by atoms with Crippen LogP contribution in [0.5, 0.6) is 17.2 Å². The minimum absolute atomic E-state index is 0.323. The molecule has 7 heteroatoms. The third kappa shape index (κ3) is 6.48. The van der Waals surface area contributed by atoms with E-state index in [0.29, 0.717) is 35.8 Å². The van der Waals surface area contributed by atoms with Gasteiger partial charge in [0.2, 0.25) is 0 Å². The number of hydrogen-bond acceptors (Lipinski definition) is 3. The molecule has 0 saturated heterocycles. The van der Waals surface area contributed by atoms with Gasteiger partial charge < -0.3 is 19.2 Å². The Balaban J connectivity index is 1.45. The van der Waals surface area contributed by atoms with E-state index in [9.17, 15) is 13.2 Å². The van der Waals surface area contributed by atoms with Crippen molar-refractivity contribution in [3.05, 3.63) is 126 Å². The van der Waals surface area contributed by atoms with Crippen LogP contribution < -0.4 is 14.2 Å². The van der Waals surface area contributed by atoms with Crippen LogP contribution in [0.2, 0.25) is 0 Å². The predicted molar refractivity (Wildman–Crippen MR) is 139 cm³/mol. The van der Waals surface area contributed by atoms with Gasteiger partial charge in [-0.25, -0.2) is 0 Å². The molecule has 38 heavy (non-hydrogen) atoms. The molecule has 5 aromatic rings. The first-order valence-corrected chi connectivity index (χ1v) is 11.8. The smallest absolute Gasteiger partial charge is 0.488 e. The molecule has 190 valence electrons. The zero-order chi connectivity index (χ0) is 26.4. The first-order valence-electron chi connectivity index (χ1n) is 11.8. The van der Waals surface area contributed by atoms with Crippen molar-refractivity contribution in [2.24, 2.45) is 0 Å². The molecule has 4 aromatic carbocycles. The number of halogens is 3. The monoisotopic (exact) mass is 513 g/mol. The van der Waals surface area contributed by atoms with Crippen LogP contribution in [-0.4, -0.2) is 11.3 Å². The molecular formula is C31H22F3NO3. The van der Waals surface area contributed by atoms with E-state index in [4.69, 9.17) is 9.47 Å². The molecule has 0 aliphatic carbocycles. The second-order valence-corrected chi connectivity index (χ2v) is 8.42. The van der Waals surface area contributed by atoms with Crippen LogP contribution in [0.1, 0.15) is 22.3 Å². The lowest BCUT2D eigenvalue weighted by Gasteiger charge is -2.11. The molecule has 5 rings (SSSR count). The Labute approximate surface area is 217 Å². The number of hydrogen-bond donors (Lipinski definition) is 1. The number of fused-ring (bicyclic) bond motifs is 1. The molecule has 0 amide bonds. The first-order chi connectivity index (χ1) is 18.4. The molecule has 1 heterocycles. The topological polar surface area (TPSA) is 43.5 Å². The quantitative estimate of drug-likeness (QED) is 0.228. The standard InChI is InChI=1S/C31H22F3NO3/c32-31(33,34)38-26-13-7-12-22(16-26)14-15-25-17-27-30(28(18-25)36-20-23-8-3-1-4-9-23)29(19-35-27)37-21-24-10-5-2-6-11-24/h1-13,16-19,35H,20-21H2. The van der Waals surface area contributed by atoms with Gasteiger partial charge in [-0.15, -0.1) is 13.2 Å². The fourth-order valence-corrected chi connectivity index (χ4v) is 3.88. The summed E-state index contributed by atoms with van der Waals surface area (Å²) in [5.41, 5.74) is 3.81. The van der Waals surface area contributed by atoms with Crippen molar-refractivity contribution in [3.63, 3.8) is 0 Å². The fourth-order valence-electron chi connectivity index (χ4n) is 3.88. The first kappa shape index (κ1) is 24.8. The van der Waals surface area contributed by atoms with E-state index in [1.807, 2.05) is 66.7 Å². The van der Waals surface area contributed by atoms with E-state index in [1.165, 1.54) is 18.2 Å². The molecule has 0 radical (unpaired) electrons. The van der Waals surface area contributed by atoms with Gasteiger partial charge in [-0.1, -0.05) is 78.6 Å². The predicted octanol–water partition coefficient (Wildman–Crippen LogP) is 7.62. The van der Waals surface area contributed by atoms with Gasteiger partial charge in [0.1, 0.15) is 30.5 Å². The summed E-state index contributed by atoms with van der Waals surface area (Å²) in [4.78, 5) is 3.22. The second-order valence-electron chi connectivity index (χ2n) is 8.42. The van der Waals surface area contributed by atoms with Gasteiger partial charge in [0.05, 0.1) is 10.9 Å². The van der Waals surface area contributed by atoms with Crippen molar-refractivity contribution in [1.29, 1.82) is 0 Å². The van der Waals surface area contributed by atoms with Gasteiger partial charge in [0.15, 0.2) is 0 Å². The third-order valence-corrected chi connectivity index (χ3v) is 5.60. The van der Waals surface area contributed by atoms with E-state index in [1.54, 1.807) is 18.3 Å². The molecule has 0 aliphatic heterocycles. The van der Waals surface area contributed by atoms with Crippen molar-refractivity contribution in [2.45, 2.75) is 19.6 Å². The number of aromatic amines is 1. The molecule has 1 N–H and O–H groups in total. The van der Waals surface area contributed by atoms with Gasteiger partial charge in [0, 0.05) is 17.3 Å². The van der Waals surface area contributed by atoms with Crippen LogP contribution in [0.15, 0.2) is 103 Å². The zero-order valence-corrected chi connectivity index (χ0v) is 20.1. The highest BCUT2D eigenvalue weighted by Gasteiger charge is 2.31.